The summed E-state index contributed by atoms with van der Waals surface area (Å²) < 4.78 is 0. The highest BCUT2D eigenvalue weighted by molar-refractivity contribution is 5.73. The lowest BCUT2D eigenvalue weighted by molar-refractivity contribution is -0.122. The lowest BCUT2D eigenvalue weighted by Gasteiger charge is -2.55. The van der Waals surface area contributed by atoms with Gasteiger partial charge in [-0.2, -0.15) is 0 Å². The van der Waals surface area contributed by atoms with Gasteiger partial charge in [-0.05, 0) is 30.4 Å². The zero-order valence-electron chi connectivity index (χ0n) is 14.0. The average molecular weight is 300 g/mol. The summed E-state index contributed by atoms with van der Waals surface area (Å²) >= 11 is 0. The number of hydrogen-bond donors (Lipinski definition) is 1. The van der Waals surface area contributed by atoms with Gasteiger partial charge in [0.05, 0.1) is 6.04 Å². The van der Waals surface area contributed by atoms with Gasteiger partial charge in [-0.15, -0.1) is 0 Å². The molecule has 22 heavy (non-hydrogen) atoms. The number of nitrogens with one attached hydrogen (secondary N) is 1. The number of carbonyl (C=O) groups excluding carboxylic acids is 1. The van der Waals surface area contributed by atoms with Crippen molar-refractivity contribution in [1.29, 1.82) is 0 Å². The normalized spacial score (nSPS) is 31.3. The smallest absolute Gasteiger partial charge is 0.217 e. The van der Waals surface area contributed by atoms with Crippen molar-refractivity contribution in [2.45, 2.75) is 58.0 Å². The van der Waals surface area contributed by atoms with E-state index in [0.717, 1.165) is 6.54 Å². The van der Waals surface area contributed by atoms with Crippen LogP contribution in [0.4, 0.5) is 0 Å². The van der Waals surface area contributed by atoms with Gasteiger partial charge in [0, 0.05) is 25.4 Å². The molecule has 1 aromatic carbocycles. The maximum atomic E-state index is 11.8. The molecule has 0 aliphatic carbocycles. The predicted octanol–water partition coefficient (Wildman–Crippen LogP) is 3.17. The van der Waals surface area contributed by atoms with E-state index < -0.39 is 0 Å². The van der Waals surface area contributed by atoms with Gasteiger partial charge in [0.25, 0.3) is 0 Å². The van der Waals surface area contributed by atoms with Crippen LogP contribution in [0.3, 0.4) is 0 Å². The highest BCUT2D eigenvalue weighted by Gasteiger charge is 2.48. The molecule has 0 spiro atoms. The van der Waals surface area contributed by atoms with Gasteiger partial charge in [0.1, 0.15) is 0 Å². The molecule has 0 radical (unpaired) electrons. The molecule has 3 heteroatoms. The van der Waals surface area contributed by atoms with Crippen molar-refractivity contribution in [1.82, 2.24) is 10.2 Å². The Balaban J connectivity index is 2.00. The Bertz CT molecular complexity index is 525. The summed E-state index contributed by atoms with van der Waals surface area (Å²) in [5, 5.41) is 3.30. The van der Waals surface area contributed by atoms with Crippen molar-refractivity contribution in [2.75, 3.05) is 13.1 Å². The first-order valence-electron chi connectivity index (χ1n) is 8.55. The SMILES string of the molecule is CC(=O)NC1C2CCCCN2CC(C)(C)C1c1ccccc1. The van der Waals surface area contributed by atoms with E-state index >= 15 is 0 Å². The topological polar surface area (TPSA) is 32.3 Å². The Hall–Kier alpha value is -1.35. The maximum absolute atomic E-state index is 11.8. The zero-order valence-corrected chi connectivity index (χ0v) is 14.0. The molecule has 1 aromatic rings. The summed E-state index contributed by atoms with van der Waals surface area (Å²) in [4.78, 5) is 14.5. The molecule has 0 bridgehead atoms. The van der Waals surface area contributed by atoms with Crippen molar-refractivity contribution >= 4 is 5.91 Å². The highest BCUT2D eigenvalue weighted by atomic mass is 16.1. The molecule has 0 aromatic heterocycles. The number of hydrogen-bond acceptors (Lipinski definition) is 2. The minimum absolute atomic E-state index is 0.0918. The molecule has 3 rings (SSSR count). The molecule has 2 heterocycles. The van der Waals surface area contributed by atoms with E-state index in [1.165, 1.54) is 31.4 Å². The van der Waals surface area contributed by atoms with Crippen LogP contribution < -0.4 is 5.32 Å². The van der Waals surface area contributed by atoms with Gasteiger partial charge >= 0.3 is 0 Å². The largest absolute Gasteiger partial charge is 0.351 e. The van der Waals surface area contributed by atoms with Gasteiger partial charge in [-0.3, -0.25) is 9.69 Å². The standard InChI is InChI=1S/C19H28N2O/c1-14(22)20-18-16-11-7-8-12-21(16)13-19(2,3)17(18)15-9-5-4-6-10-15/h4-6,9-10,16-18H,7-8,11-13H2,1-3H3,(H,20,22). The number of nitrogens with zero attached hydrogens (tertiary/aromatic N) is 1. The molecule has 2 fully saturated rings. The third-order valence-corrected chi connectivity index (χ3v) is 5.42. The third kappa shape index (κ3) is 2.91. The van der Waals surface area contributed by atoms with Crippen LogP contribution in [-0.4, -0.2) is 36.0 Å². The second-order valence-electron chi connectivity index (χ2n) is 7.64. The Kier molecular flexibility index (Phi) is 4.26. The first-order valence-corrected chi connectivity index (χ1v) is 8.55. The quantitative estimate of drug-likeness (QED) is 0.910. The van der Waals surface area contributed by atoms with Crippen molar-refractivity contribution in [2.24, 2.45) is 5.41 Å². The molecule has 2 aliphatic heterocycles. The van der Waals surface area contributed by atoms with Gasteiger partial charge < -0.3 is 5.32 Å². The molecule has 1 amide bonds. The first kappa shape index (κ1) is 15.5. The fraction of sp³-hybridized carbons (Fsp3) is 0.632. The van der Waals surface area contributed by atoms with Crippen molar-refractivity contribution in [3.8, 4) is 0 Å². The number of piperidine rings is 2. The van der Waals surface area contributed by atoms with Gasteiger partial charge in [0.2, 0.25) is 5.91 Å². The summed E-state index contributed by atoms with van der Waals surface area (Å²) in [7, 11) is 0. The molecule has 0 saturated carbocycles. The second kappa shape index (κ2) is 6.04. The predicted molar refractivity (Wildman–Crippen MR) is 89.8 cm³/mol. The number of carbonyl (C=O) groups is 1. The first-order chi connectivity index (χ1) is 10.5. The molecule has 3 atom stereocenters. The molecule has 120 valence electrons. The van der Waals surface area contributed by atoms with E-state index in [1.807, 2.05) is 0 Å². The summed E-state index contributed by atoms with van der Waals surface area (Å²) in [5.74, 6) is 0.464. The minimum Gasteiger partial charge on any atom is -0.351 e. The third-order valence-electron chi connectivity index (χ3n) is 5.42. The number of benzene rings is 1. The number of fused-ring (bicyclic) bond motifs is 1. The van der Waals surface area contributed by atoms with Gasteiger partial charge in [-0.1, -0.05) is 50.6 Å². The lowest BCUT2D eigenvalue weighted by atomic mass is 9.64. The maximum Gasteiger partial charge on any atom is 0.217 e. The molecule has 2 saturated heterocycles. The fourth-order valence-electron chi connectivity index (χ4n) is 4.68. The van der Waals surface area contributed by atoms with Crippen molar-refractivity contribution < 1.29 is 4.79 Å². The molecule has 2 aliphatic rings. The number of rotatable bonds is 2. The number of amides is 1. The molecule has 1 N–H and O–H groups in total. The van der Waals surface area contributed by atoms with Crippen LogP contribution in [0.5, 0.6) is 0 Å². The zero-order chi connectivity index (χ0) is 15.7. The highest BCUT2D eigenvalue weighted by Crippen LogP contribution is 2.46. The molecular weight excluding hydrogens is 272 g/mol. The van der Waals surface area contributed by atoms with E-state index in [0.29, 0.717) is 12.0 Å². The van der Waals surface area contributed by atoms with E-state index in [9.17, 15) is 4.79 Å². The van der Waals surface area contributed by atoms with Crippen LogP contribution in [0.15, 0.2) is 30.3 Å². The van der Waals surface area contributed by atoms with E-state index in [2.05, 4.69) is 54.4 Å². The van der Waals surface area contributed by atoms with E-state index in [1.54, 1.807) is 6.92 Å². The summed E-state index contributed by atoms with van der Waals surface area (Å²) in [6, 6.07) is 11.4. The Morgan fingerprint density at radius 3 is 2.64 bits per heavy atom. The van der Waals surface area contributed by atoms with E-state index in [4.69, 9.17) is 0 Å². The fourth-order valence-corrected chi connectivity index (χ4v) is 4.68. The van der Waals surface area contributed by atoms with Gasteiger partial charge in [-0.25, -0.2) is 0 Å². The Morgan fingerprint density at radius 2 is 1.95 bits per heavy atom. The van der Waals surface area contributed by atoms with Crippen LogP contribution >= 0.6 is 0 Å². The summed E-state index contributed by atoms with van der Waals surface area (Å²) in [6.45, 7) is 8.64. The minimum atomic E-state index is 0.0918. The van der Waals surface area contributed by atoms with Crippen LogP contribution in [0, 0.1) is 5.41 Å². The van der Waals surface area contributed by atoms with Crippen LogP contribution in [-0.2, 0) is 4.79 Å². The van der Waals surface area contributed by atoms with Crippen molar-refractivity contribution in [3.63, 3.8) is 0 Å². The Morgan fingerprint density at radius 1 is 1.23 bits per heavy atom. The van der Waals surface area contributed by atoms with Gasteiger partial charge in [0.15, 0.2) is 0 Å². The average Bonchev–Trinajstić information content (AvgIpc) is 2.46. The monoisotopic (exact) mass is 300 g/mol. The van der Waals surface area contributed by atoms with E-state index in [-0.39, 0.29) is 17.4 Å². The van der Waals surface area contributed by atoms with Crippen LogP contribution in [0.25, 0.3) is 0 Å². The second-order valence-corrected chi connectivity index (χ2v) is 7.64. The molecular formula is C19H28N2O. The summed E-state index contributed by atoms with van der Waals surface area (Å²) in [5.41, 5.74) is 1.51. The summed E-state index contributed by atoms with van der Waals surface area (Å²) in [6.07, 6.45) is 3.76. The lowest BCUT2D eigenvalue weighted by Crippen LogP contribution is -2.64. The van der Waals surface area contributed by atoms with Crippen LogP contribution in [0.2, 0.25) is 0 Å². The molecule has 3 unspecified atom stereocenters. The molecule has 3 nitrogen and oxygen atoms in total. The van der Waals surface area contributed by atoms with Crippen molar-refractivity contribution in [3.05, 3.63) is 35.9 Å². The van der Waals surface area contributed by atoms with Crippen LogP contribution in [0.1, 0.15) is 51.5 Å². The Labute approximate surface area is 134 Å².